The van der Waals surface area contributed by atoms with Crippen LogP contribution < -0.4 is 0 Å². The molecule has 0 amide bonds. The molecule has 1 nitrogen and oxygen atoms in total. The lowest BCUT2D eigenvalue weighted by molar-refractivity contribution is 1.20. The van der Waals surface area contributed by atoms with E-state index in [4.69, 9.17) is 5.26 Å². The van der Waals surface area contributed by atoms with Gasteiger partial charge in [0.05, 0.1) is 12.5 Å². The third-order valence-corrected chi connectivity index (χ3v) is 3.20. The molecule has 0 saturated carbocycles. The number of hydrogen-bond donors (Lipinski definition) is 0. The molecule has 2 heteroatoms. The van der Waals surface area contributed by atoms with Gasteiger partial charge in [-0.25, -0.2) is 0 Å². The largest absolute Gasteiger partial charge is 0.198 e. The van der Waals surface area contributed by atoms with E-state index in [9.17, 15) is 0 Å². The number of nitrogens with zero attached hydrogens (tertiary/aromatic N) is 1. The smallest absolute Gasteiger partial charge is 0.0695 e. The first-order valence-corrected chi connectivity index (χ1v) is 5.73. The molecular weight excluding hydrogens is 202 g/mol. The van der Waals surface area contributed by atoms with Crippen LogP contribution >= 0.6 is 11.3 Å². The summed E-state index contributed by atoms with van der Waals surface area (Å²) in [7, 11) is 0. The van der Waals surface area contributed by atoms with Crippen LogP contribution in [0.3, 0.4) is 0 Å². The van der Waals surface area contributed by atoms with Crippen molar-refractivity contribution >= 4 is 11.3 Å². The lowest BCUT2D eigenvalue weighted by Gasteiger charge is -1.96. The van der Waals surface area contributed by atoms with Gasteiger partial charge in [-0.2, -0.15) is 5.26 Å². The van der Waals surface area contributed by atoms with E-state index in [-0.39, 0.29) is 0 Å². The maximum atomic E-state index is 8.58. The lowest BCUT2D eigenvalue weighted by Crippen LogP contribution is -1.84. The van der Waals surface area contributed by atoms with Gasteiger partial charge in [0, 0.05) is 4.88 Å². The average Bonchev–Trinajstić information content (AvgIpc) is 2.68. The first-order chi connectivity index (χ1) is 7.38. The Morgan fingerprint density at radius 3 is 2.67 bits per heavy atom. The molecule has 0 saturated heterocycles. The Labute approximate surface area is 93.6 Å². The Hall–Kier alpha value is -1.59. The fraction of sp³-hybridized carbons (Fsp3) is 0.154. The molecule has 0 aliphatic carbocycles. The van der Waals surface area contributed by atoms with E-state index in [1.54, 1.807) is 11.3 Å². The SMILES string of the molecule is N#CCc1cc(Cc2ccccc2)cs1. The summed E-state index contributed by atoms with van der Waals surface area (Å²) in [5.74, 6) is 0. The van der Waals surface area contributed by atoms with Crippen LogP contribution in [0.25, 0.3) is 0 Å². The van der Waals surface area contributed by atoms with Crippen molar-refractivity contribution in [3.8, 4) is 6.07 Å². The Morgan fingerprint density at radius 1 is 1.13 bits per heavy atom. The van der Waals surface area contributed by atoms with E-state index in [1.165, 1.54) is 11.1 Å². The highest BCUT2D eigenvalue weighted by atomic mass is 32.1. The third-order valence-electron chi connectivity index (χ3n) is 2.21. The van der Waals surface area contributed by atoms with Gasteiger partial charge in [-0.15, -0.1) is 11.3 Å². The van der Waals surface area contributed by atoms with Gasteiger partial charge in [-0.05, 0) is 29.0 Å². The maximum Gasteiger partial charge on any atom is 0.0695 e. The zero-order chi connectivity index (χ0) is 10.5. The molecule has 74 valence electrons. The van der Waals surface area contributed by atoms with Gasteiger partial charge in [-0.3, -0.25) is 0 Å². The minimum Gasteiger partial charge on any atom is -0.198 e. The van der Waals surface area contributed by atoms with Crippen LogP contribution in [0, 0.1) is 11.3 Å². The first-order valence-electron chi connectivity index (χ1n) is 4.85. The molecule has 0 N–H and O–H groups in total. The Bertz CT molecular complexity index is 465. The van der Waals surface area contributed by atoms with E-state index in [0.717, 1.165) is 11.3 Å². The minimum atomic E-state index is 0.527. The highest BCUT2D eigenvalue weighted by Crippen LogP contribution is 2.18. The molecule has 15 heavy (non-hydrogen) atoms. The van der Waals surface area contributed by atoms with Gasteiger partial charge in [0.15, 0.2) is 0 Å². The topological polar surface area (TPSA) is 23.8 Å². The predicted octanol–water partition coefficient (Wildman–Crippen LogP) is 3.40. The zero-order valence-corrected chi connectivity index (χ0v) is 9.13. The highest BCUT2D eigenvalue weighted by Gasteiger charge is 2.00. The second-order valence-electron chi connectivity index (χ2n) is 3.42. The molecule has 1 aromatic heterocycles. The van der Waals surface area contributed by atoms with E-state index < -0.39 is 0 Å². The minimum absolute atomic E-state index is 0.527. The molecule has 0 spiro atoms. The van der Waals surface area contributed by atoms with Gasteiger partial charge in [0.1, 0.15) is 0 Å². The second kappa shape index (κ2) is 4.77. The molecule has 0 bridgehead atoms. The molecule has 0 unspecified atom stereocenters. The van der Waals surface area contributed by atoms with Crippen LogP contribution in [0.15, 0.2) is 41.8 Å². The molecule has 2 aromatic rings. The predicted molar refractivity (Wildman–Crippen MR) is 62.9 cm³/mol. The fourth-order valence-electron chi connectivity index (χ4n) is 1.52. The van der Waals surface area contributed by atoms with Crippen molar-refractivity contribution in [3.63, 3.8) is 0 Å². The van der Waals surface area contributed by atoms with E-state index in [2.05, 4.69) is 41.8 Å². The van der Waals surface area contributed by atoms with Crippen molar-refractivity contribution in [1.82, 2.24) is 0 Å². The molecule has 1 heterocycles. The molecule has 1 aromatic carbocycles. The Morgan fingerprint density at radius 2 is 1.93 bits per heavy atom. The summed E-state index contributed by atoms with van der Waals surface area (Å²) in [6, 6.07) is 14.7. The van der Waals surface area contributed by atoms with Gasteiger partial charge in [-0.1, -0.05) is 30.3 Å². The molecule has 0 radical (unpaired) electrons. The van der Waals surface area contributed by atoms with E-state index >= 15 is 0 Å². The molecule has 0 atom stereocenters. The van der Waals surface area contributed by atoms with Gasteiger partial charge in [0.25, 0.3) is 0 Å². The van der Waals surface area contributed by atoms with Gasteiger partial charge in [0.2, 0.25) is 0 Å². The van der Waals surface area contributed by atoms with Crippen LogP contribution in [-0.4, -0.2) is 0 Å². The van der Waals surface area contributed by atoms with E-state index in [1.807, 2.05) is 6.07 Å². The van der Waals surface area contributed by atoms with Crippen LogP contribution in [0.4, 0.5) is 0 Å². The van der Waals surface area contributed by atoms with Crippen molar-refractivity contribution < 1.29 is 0 Å². The summed E-state index contributed by atoms with van der Waals surface area (Å²) in [4.78, 5) is 1.16. The Balaban J connectivity index is 2.09. The number of hydrogen-bond acceptors (Lipinski definition) is 2. The van der Waals surface area contributed by atoms with E-state index in [0.29, 0.717) is 6.42 Å². The van der Waals surface area contributed by atoms with Crippen LogP contribution in [-0.2, 0) is 12.8 Å². The van der Waals surface area contributed by atoms with Crippen LogP contribution in [0.2, 0.25) is 0 Å². The molecule has 0 fully saturated rings. The maximum absolute atomic E-state index is 8.58. The summed E-state index contributed by atoms with van der Waals surface area (Å²) in [5, 5.41) is 10.7. The van der Waals surface area contributed by atoms with Crippen molar-refractivity contribution in [2.75, 3.05) is 0 Å². The number of rotatable bonds is 3. The van der Waals surface area contributed by atoms with Crippen molar-refractivity contribution in [1.29, 1.82) is 5.26 Å². The van der Waals surface area contributed by atoms with Crippen molar-refractivity contribution in [3.05, 3.63) is 57.8 Å². The zero-order valence-electron chi connectivity index (χ0n) is 8.31. The summed E-state index contributed by atoms with van der Waals surface area (Å²) < 4.78 is 0. The summed E-state index contributed by atoms with van der Waals surface area (Å²) in [6.45, 7) is 0. The standard InChI is InChI=1S/C13H11NS/c14-7-6-13-9-12(10-15-13)8-11-4-2-1-3-5-11/h1-5,9-10H,6,8H2. The molecular formula is C13H11NS. The monoisotopic (exact) mass is 213 g/mol. The quantitative estimate of drug-likeness (QED) is 0.766. The van der Waals surface area contributed by atoms with Crippen molar-refractivity contribution in [2.45, 2.75) is 12.8 Å². The normalized spacial score (nSPS) is 9.80. The summed E-state index contributed by atoms with van der Waals surface area (Å²) >= 11 is 1.67. The Kier molecular flexibility index (Phi) is 3.16. The van der Waals surface area contributed by atoms with Crippen LogP contribution in [0.1, 0.15) is 16.0 Å². The number of nitriles is 1. The van der Waals surface area contributed by atoms with Crippen molar-refractivity contribution in [2.24, 2.45) is 0 Å². The highest BCUT2D eigenvalue weighted by molar-refractivity contribution is 7.10. The summed E-state index contributed by atoms with van der Waals surface area (Å²) in [6.07, 6.45) is 1.49. The number of thiophene rings is 1. The molecule has 2 rings (SSSR count). The number of benzene rings is 1. The average molecular weight is 213 g/mol. The lowest BCUT2D eigenvalue weighted by atomic mass is 10.1. The molecule has 0 aliphatic heterocycles. The van der Waals surface area contributed by atoms with Crippen LogP contribution in [0.5, 0.6) is 0 Å². The first kappa shape index (κ1) is 9.95. The van der Waals surface area contributed by atoms with Gasteiger partial charge >= 0.3 is 0 Å². The van der Waals surface area contributed by atoms with Gasteiger partial charge < -0.3 is 0 Å². The molecule has 0 aliphatic rings. The fourth-order valence-corrected chi connectivity index (χ4v) is 2.34. The summed E-state index contributed by atoms with van der Waals surface area (Å²) in [5.41, 5.74) is 2.62. The third kappa shape index (κ3) is 2.68. The second-order valence-corrected chi connectivity index (χ2v) is 4.41.